The molecule has 0 N–H and O–H groups in total. The van der Waals surface area contributed by atoms with Crippen LogP contribution in [-0.4, -0.2) is 70.4 Å². The van der Waals surface area contributed by atoms with Gasteiger partial charge in [-0.1, -0.05) is 0 Å². The van der Waals surface area contributed by atoms with Crippen molar-refractivity contribution in [1.82, 2.24) is 19.6 Å². The van der Waals surface area contributed by atoms with E-state index in [4.69, 9.17) is 4.74 Å². The second-order valence-electron chi connectivity index (χ2n) is 6.41. The minimum atomic E-state index is 0.131. The van der Waals surface area contributed by atoms with Crippen LogP contribution >= 0.6 is 0 Å². The molecule has 22 heavy (non-hydrogen) atoms. The van der Waals surface area contributed by atoms with Crippen molar-refractivity contribution < 1.29 is 9.53 Å². The van der Waals surface area contributed by atoms with Gasteiger partial charge in [0.15, 0.2) is 0 Å². The van der Waals surface area contributed by atoms with Crippen molar-refractivity contribution in [2.75, 3.05) is 32.8 Å². The molecule has 2 saturated heterocycles. The Kier molecular flexibility index (Phi) is 4.23. The van der Waals surface area contributed by atoms with E-state index in [1.54, 1.807) is 4.68 Å². The first-order valence-corrected chi connectivity index (χ1v) is 8.13. The number of nitrogens with zero attached hydrogens (tertiary/aromatic N) is 4. The van der Waals surface area contributed by atoms with Crippen LogP contribution in [0.25, 0.3) is 0 Å². The fourth-order valence-electron chi connectivity index (χ4n) is 3.83. The minimum absolute atomic E-state index is 0.131. The van der Waals surface area contributed by atoms with Gasteiger partial charge in [-0.15, -0.1) is 0 Å². The summed E-state index contributed by atoms with van der Waals surface area (Å²) >= 11 is 0. The van der Waals surface area contributed by atoms with Crippen LogP contribution in [-0.2, 0) is 11.8 Å². The molecule has 1 amide bonds. The number of amides is 1. The van der Waals surface area contributed by atoms with Gasteiger partial charge < -0.3 is 9.64 Å². The largest absolute Gasteiger partial charge is 0.379 e. The van der Waals surface area contributed by atoms with Crippen molar-refractivity contribution in [2.24, 2.45) is 7.05 Å². The molecule has 2 fully saturated rings. The van der Waals surface area contributed by atoms with Crippen molar-refractivity contribution in [3.63, 3.8) is 0 Å². The smallest absolute Gasteiger partial charge is 0.257 e. The standard InChI is InChI=1S/C16H26N4O2/c1-11-15(13(3)18(4)17-11)16(21)20-6-5-14(12(20)2)19-7-9-22-10-8-19/h12,14H,5-10H2,1-4H3/t12-,14-/m1/s1. The van der Waals surface area contributed by atoms with Gasteiger partial charge in [0.1, 0.15) is 0 Å². The van der Waals surface area contributed by atoms with Gasteiger partial charge in [-0.3, -0.25) is 14.4 Å². The zero-order valence-corrected chi connectivity index (χ0v) is 14.0. The number of aromatic nitrogens is 2. The molecule has 3 heterocycles. The summed E-state index contributed by atoms with van der Waals surface area (Å²) in [7, 11) is 1.89. The highest BCUT2D eigenvalue weighted by Gasteiger charge is 2.39. The number of ether oxygens (including phenoxy) is 1. The highest BCUT2D eigenvalue weighted by molar-refractivity contribution is 5.96. The lowest BCUT2D eigenvalue weighted by Gasteiger charge is -2.35. The highest BCUT2D eigenvalue weighted by Crippen LogP contribution is 2.27. The predicted molar refractivity (Wildman–Crippen MR) is 84.0 cm³/mol. The number of carbonyl (C=O) groups is 1. The molecule has 2 aliphatic heterocycles. The van der Waals surface area contributed by atoms with Crippen molar-refractivity contribution in [2.45, 2.75) is 39.3 Å². The summed E-state index contributed by atoms with van der Waals surface area (Å²) in [5.74, 6) is 0.131. The van der Waals surface area contributed by atoms with E-state index in [1.165, 1.54) is 0 Å². The van der Waals surface area contributed by atoms with Crippen molar-refractivity contribution in [1.29, 1.82) is 0 Å². The molecular weight excluding hydrogens is 280 g/mol. The molecule has 1 aromatic heterocycles. The Balaban J connectivity index is 1.76. The zero-order valence-electron chi connectivity index (χ0n) is 14.0. The summed E-state index contributed by atoms with van der Waals surface area (Å²) in [4.78, 5) is 17.5. The summed E-state index contributed by atoms with van der Waals surface area (Å²) in [5.41, 5.74) is 2.55. The number of morpholine rings is 1. The third kappa shape index (κ3) is 2.54. The molecule has 1 aromatic rings. The maximum absolute atomic E-state index is 13.0. The average molecular weight is 306 g/mol. The normalized spacial score (nSPS) is 26.6. The lowest BCUT2D eigenvalue weighted by Crippen LogP contribution is -2.49. The first kappa shape index (κ1) is 15.5. The molecule has 3 rings (SSSR count). The van der Waals surface area contributed by atoms with E-state index in [-0.39, 0.29) is 11.9 Å². The number of rotatable bonds is 2. The van der Waals surface area contributed by atoms with E-state index in [2.05, 4.69) is 16.9 Å². The van der Waals surface area contributed by atoms with E-state index in [9.17, 15) is 4.79 Å². The second-order valence-corrected chi connectivity index (χ2v) is 6.41. The topological polar surface area (TPSA) is 50.6 Å². The Morgan fingerprint density at radius 1 is 1.23 bits per heavy atom. The number of carbonyl (C=O) groups excluding carboxylic acids is 1. The molecule has 0 spiro atoms. The summed E-state index contributed by atoms with van der Waals surface area (Å²) in [6, 6.07) is 0.690. The second kappa shape index (κ2) is 6.01. The zero-order chi connectivity index (χ0) is 15.9. The lowest BCUT2D eigenvalue weighted by molar-refractivity contribution is 0.0104. The number of likely N-dealkylation sites (tertiary alicyclic amines) is 1. The fraction of sp³-hybridized carbons (Fsp3) is 0.750. The Morgan fingerprint density at radius 3 is 2.50 bits per heavy atom. The third-order valence-corrected chi connectivity index (χ3v) is 5.21. The summed E-state index contributed by atoms with van der Waals surface area (Å²) in [5, 5.41) is 4.38. The quantitative estimate of drug-likeness (QED) is 0.817. The van der Waals surface area contributed by atoms with Crippen molar-refractivity contribution >= 4 is 5.91 Å². The van der Waals surface area contributed by atoms with Gasteiger partial charge in [-0.25, -0.2) is 0 Å². The van der Waals surface area contributed by atoms with Gasteiger partial charge in [-0.2, -0.15) is 5.10 Å². The average Bonchev–Trinajstić information content (AvgIpc) is 3.00. The van der Waals surface area contributed by atoms with Crippen LogP contribution in [0.1, 0.15) is 35.1 Å². The van der Waals surface area contributed by atoms with E-state index in [0.717, 1.165) is 56.2 Å². The molecule has 0 aliphatic carbocycles. The predicted octanol–water partition coefficient (Wildman–Crippen LogP) is 0.972. The van der Waals surface area contributed by atoms with Crippen LogP contribution in [0.4, 0.5) is 0 Å². The molecule has 2 aliphatic rings. The third-order valence-electron chi connectivity index (χ3n) is 5.21. The number of hydrogen-bond acceptors (Lipinski definition) is 4. The molecular formula is C16H26N4O2. The van der Waals surface area contributed by atoms with E-state index in [1.807, 2.05) is 25.8 Å². The molecule has 6 heteroatoms. The van der Waals surface area contributed by atoms with Crippen LogP contribution in [0.15, 0.2) is 0 Å². The van der Waals surface area contributed by atoms with Gasteiger partial charge in [0.2, 0.25) is 0 Å². The van der Waals surface area contributed by atoms with Crippen molar-refractivity contribution in [3.05, 3.63) is 17.0 Å². The molecule has 6 nitrogen and oxygen atoms in total. The SMILES string of the molecule is Cc1nn(C)c(C)c1C(=O)N1CC[C@@H](N2CCOCC2)[C@H]1C. The first-order chi connectivity index (χ1) is 10.5. The summed E-state index contributed by atoms with van der Waals surface area (Å²) < 4.78 is 7.23. The minimum Gasteiger partial charge on any atom is -0.379 e. The monoisotopic (exact) mass is 306 g/mol. The Hall–Kier alpha value is -1.40. The molecule has 0 saturated carbocycles. The Labute approximate surface area is 132 Å². The van der Waals surface area contributed by atoms with Gasteiger partial charge >= 0.3 is 0 Å². The van der Waals surface area contributed by atoms with Crippen LogP contribution in [0.5, 0.6) is 0 Å². The Morgan fingerprint density at radius 2 is 1.91 bits per heavy atom. The molecule has 0 aromatic carbocycles. The van der Waals surface area contributed by atoms with Crippen molar-refractivity contribution in [3.8, 4) is 0 Å². The highest BCUT2D eigenvalue weighted by atomic mass is 16.5. The lowest BCUT2D eigenvalue weighted by atomic mass is 10.1. The first-order valence-electron chi connectivity index (χ1n) is 8.13. The maximum Gasteiger partial charge on any atom is 0.257 e. The van der Waals surface area contributed by atoms with E-state index < -0.39 is 0 Å². The molecule has 0 radical (unpaired) electrons. The summed E-state index contributed by atoms with van der Waals surface area (Å²) in [6.07, 6.45) is 1.05. The summed E-state index contributed by atoms with van der Waals surface area (Å²) in [6.45, 7) is 10.4. The van der Waals surface area contributed by atoms with E-state index >= 15 is 0 Å². The number of aryl methyl sites for hydroxylation is 2. The van der Waals surface area contributed by atoms with Gasteiger partial charge in [0.25, 0.3) is 5.91 Å². The van der Waals surface area contributed by atoms with Gasteiger partial charge in [-0.05, 0) is 27.2 Å². The van der Waals surface area contributed by atoms with Gasteiger partial charge in [0.05, 0.1) is 24.5 Å². The molecule has 0 bridgehead atoms. The molecule has 122 valence electrons. The van der Waals surface area contributed by atoms with Crippen LogP contribution < -0.4 is 0 Å². The van der Waals surface area contributed by atoms with Gasteiger partial charge in [0, 0.05) is 44.5 Å². The van der Waals surface area contributed by atoms with Crippen LogP contribution in [0.3, 0.4) is 0 Å². The fourth-order valence-corrected chi connectivity index (χ4v) is 3.83. The van der Waals surface area contributed by atoms with Crippen LogP contribution in [0, 0.1) is 13.8 Å². The number of hydrogen-bond donors (Lipinski definition) is 0. The molecule has 0 unspecified atom stereocenters. The maximum atomic E-state index is 13.0. The Bertz CT molecular complexity index is 563. The molecule has 2 atom stereocenters. The van der Waals surface area contributed by atoms with Crippen LogP contribution in [0.2, 0.25) is 0 Å². The van der Waals surface area contributed by atoms with E-state index in [0.29, 0.717) is 6.04 Å².